The van der Waals surface area contributed by atoms with Gasteiger partial charge in [0, 0.05) is 30.3 Å². The first-order chi connectivity index (χ1) is 15.0. The van der Waals surface area contributed by atoms with E-state index in [2.05, 4.69) is 0 Å². The van der Waals surface area contributed by atoms with Crippen LogP contribution >= 0.6 is 0 Å². The van der Waals surface area contributed by atoms with Crippen LogP contribution in [0, 0.1) is 0 Å². The van der Waals surface area contributed by atoms with E-state index < -0.39 is 0 Å². The summed E-state index contributed by atoms with van der Waals surface area (Å²) < 4.78 is 21.5. The standard InChI is InChI=1S/C24H29NO6/c1-6-25(7-2)24(27)16-31-19-11-8-17(9-12-19)20(26)13-10-18-14-22(29-4)23(30-5)15-21(18)28-3/h8-15H,6-7,16H2,1-5H3/b13-10+. The van der Waals surface area contributed by atoms with Gasteiger partial charge in [-0.2, -0.15) is 0 Å². The summed E-state index contributed by atoms with van der Waals surface area (Å²) in [7, 11) is 4.63. The van der Waals surface area contributed by atoms with E-state index in [1.165, 1.54) is 6.08 Å². The minimum Gasteiger partial charge on any atom is -0.496 e. The van der Waals surface area contributed by atoms with Gasteiger partial charge in [0.1, 0.15) is 11.5 Å². The van der Waals surface area contributed by atoms with Crippen molar-refractivity contribution >= 4 is 17.8 Å². The molecule has 0 aromatic heterocycles. The highest BCUT2D eigenvalue weighted by molar-refractivity contribution is 6.07. The molecule has 2 rings (SSSR count). The van der Waals surface area contributed by atoms with Crippen LogP contribution in [0.15, 0.2) is 42.5 Å². The number of amides is 1. The average Bonchev–Trinajstić information content (AvgIpc) is 2.81. The van der Waals surface area contributed by atoms with Gasteiger partial charge in [-0.15, -0.1) is 0 Å². The highest BCUT2D eigenvalue weighted by Crippen LogP contribution is 2.35. The minimum absolute atomic E-state index is 0.0338. The Morgan fingerprint density at radius 3 is 2.00 bits per heavy atom. The molecule has 1 amide bonds. The lowest BCUT2D eigenvalue weighted by atomic mass is 10.1. The normalized spacial score (nSPS) is 10.6. The van der Waals surface area contributed by atoms with Crippen LogP contribution in [-0.4, -0.2) is 57.6 Å². The zero-order valence-electron chi connectivity index (χ0n) is 18.6. The second-order valence-corrected chi connectivity index (χ2v) is 6.53. The molecule has 0 radical (unpaired) electrons. The molecule has 0 bridgehead atoms. The maximum atomic E-state index is 12.6. The first-order valence-electron chi connectivity index (χ1n) is 10.00. The number of ketones is 1. The van der Waals surface area contributed by atoms with Crippen LogP contribution < -0.4 is 18.9 Å². The smallest absolute Gasteiger partial charge is 0.260 e. The summed E-state index contributed by atoms with van der Waals surface area (Å²) in [4.78, 5) is 26.3. The molecule has 0 aliphatic rings. The van der Waals surface area contributed by atoms with Crippen LogP contribution in [0.1, 0.15) is 29.8 Å². The van der Waals surface area contributed by atoms with Gasteiger partial charge in [0.2, 0.25) is 0 Å². The molecule has 31 heavy (non-hydrogen) atoms. The van der Waals surface area contributed by atoms with E-state index in [9.17, 15) is 9.59 Å². The Morgan fingerprint density at radius 2 is 1.45 bits per heavy atom. The Balaban J connectivity index is 2.07. The average molecular weight is 427 g/mol. The number of ether oxygens (including phenoxy) is 4. The highest BCUT2D eigenvalue weighted by atomic mass is 16.5. The van der Waals surface area contributed by atoms with Crippen LogP contribution in [0.2, 0.25) is 0 Å². The maximum absolute atomic E-state index is 12.6. The number of benzene rings is 2. The Kier molecular flexibility index (Phi) is 8.94. The fourth-order valence-corrected chi connectivity index (χ4v) is 2.97. The number of nitrogens with zero attached hydrogens (tertiary/aromatic N) is 1. The number of carbonyl (C=O) groups is 2. The lowest BCUT2D eigenvalue weighted by Gasteiger charge is -2.18. The largest absolute Gasteiger partial charge is 0.496 e. The number of hydrogen-bond acceptors (Lipinski definition) is 6. The molecule has 0 saturated carbocycles. The van der Waals surface area contributed by atoms with Crippen molar-refractivity contribution < 1.29 is 28.5 Å². The summed E-state index contributed by atoms with van der Waals surface area (Å²) >= 11 is 0. The summed E-state index contributed by atoms with van der Waals surface area (Å²) in [5.74, 6) is 1.92. The molecule has 0 aliphatic carbocycles. The Bertz CT molecular complexity index is 916. The van der Waals surface area contributed by atoms with E-state index in [1.54, 1.807) is 68.7 Å². The van der Waals surface area contributed by atoms with Crippen LogP contribution in [0.5, 0.6) is 23.0 Å². The van der Waals surface area contributed by atoms with Gasteiger partial charge in [-0.25, -0.2) is 0 Å². The maximum Gasteiger partial charge on any atom is 0.260 e. The molecule has 2 aromatic rings. The summed E-state index contributed by atoms with van der Waals surface area (Å²) in [6.45, 7) is 5.10. The van der Waals surface area contributed by atoms with E-state index >= 15 is 0 Å². The third-order valence-corrected chi connectivity index (χ3v) is 4.77. The molecule has 7 heteroatoms. The fraction of sp³-hybridized carbons (Fsp3) is 0.333. The molecule has 7 nitrogen and oxygen atoms in total. The van der Waals surface area contributed by atoms with Crippen molar-refractivity contribution in [2.45, 2.75) is 13.8 Å². The molecule has 0 saturated heterocycles. The van der Waals surface area contributed by atoms with Gasteiger partial charge in [-0.1, -0.05) is 0 Å². The quantitative estimate of drug-likeness (QED) is 0.401. The topological polar surface area (TPSA) is 74.3 Å². The third kappa shape index (κ3) is 6.25. The molecule has 2 aromatic carbocycles. The molecule has 0 spiro atoms. The predicted molar refractivity (Wildman–Crippen MR) is 119 cm³/mol. The molecule has 166 valence electrons. The van der Waals surface area contributed by atoms with Crippen LogP contribution in [-0.2, 0) is 4.79 Å². The lowest BCUT2D eigenvalue weighted by Crippen LogP contribution is -2.34. The molecule has 0 atom stereocenters. The summed E-state index contributed by atoms with van der Waals surface area (Å²) in [6, 6.07) is 10.1. The number of rotatable bonds is 11. The van der Waals surface area contributed by atoms with Crippen LogP contribution in [0.4, 0.5) is 0 Å². The van der Waals surface area contributed by atoms with Crippen LogP contribution in [0.25, 0.3) is 6.08 Å². The van der Waals surface area contributed by atoms with Crippen molar-refractivity contribution in [3.05, 3.63) is 53.6 Å². The van der Waals surface area contributed by atoms with E-state index in [-0.39, 0.29) is 18.3 Å². The van der Waals surface area contributed by atoms with Gasteiger partial charge in [0.05, 0.1) is 21.3 Å². The molecule has 0 unspecified atom stereocenters. The zero-order valence-corrected chi connectivity index (χ0v) is 18.6. The second-order valence-electron chi connectivity index (χ2n) is 6.53. The number of methoxy groups -OCH3 is 3. The summed E-state index contributed by atoms with van der Waals surface area (Å²) in [5, 5.41) is 0. The summed E-state index contributed by atoms with van der Waals surface area (Å²) in [6.07, 6.45) is 3.12. The second kappa shape index (κ2) is 11.6. The number of allylic oxidation sites excluding steroid dienone is 1. The van der Waals surface area contributed by atoms with E-state index in [1.807, 2.05) is 13.8 Å². The molecular weight excluding hydrogens is 398 g/mol. The minimum atomic E-state index is -0.178. The van der Waals surface area contributed by atoms with Gasteiger partial charge >= 0.3 is 0 Å². The predicted octanol–water partition coefficient (Wildman–Crippen LogP) is 3.86. The van der Waals surface area contributed by atoms with Gasteiger partial charge in [-0.05, 0) is 56.3 Å². The molecule has 0 N–H and O–H groups in total. The zero-order chi connectivity index (χ0) is 22.8. The summed E-state index contributed by atoms with van der Waals surface area (Å²) in [5.41, 5.74) is 1.18. The van der Waals surface area contributed by atoms with Crippen molar-refractivity contribution in [2.75, 3.05) is 41.0 Å². The fourth-order valence-electron chi connectivity index (χ4n) is 2.97. The molecule has 0 fully saturated rings. The van der Waals surface area contributed by atoms with E-state index in [4.69, 9.17) is 18.9 Å². The van der Waals surface area contributed by atoms with Gasteiger partial charge in [0.15, 0.2) is 23.9 Å². The third-order valence-electron chi connectivity index (χ3n) is 4.77. The van der Waals surface area contributed by atoms with Crippen molar-refractivity contribution in [3.63, 3.8) is 0 Å². The Labute approximate surface area is 183 Å². The number of hydrogen-bond donors (Lipinski definition) is 0. The van der Waals surface area contributed by atoms with Crippen LogP contribution in [0.3, 0.4) is 0 Å². The van der Waals surface area contributed by atoms with Gasteiger partial charge in [-0.3, -0.25) is 9.59 Å². The Hall–Kier alpha value is -3.48. The van der Waals surface area contributed by atoms with E-state index in [0.717, 1.165) is 0 Å². The van der Waals surface area contributed by atoms with Crippen molar-refractivity contribution in [3.8, 4) is 23.0 Å². The molecule has 0 heterocycles. The lowest BCUT2D eigenvalue weighted by molar-refractivity contribution is -0.132. The first-order valence-corrected chi connectivity index (χ1v) is 10.00. The van der Waals surface area contributed by atoms with Crippen molar-refractivity contribution in [1.29, 1.82) is 0 Å². The van der Waals surface area contributed by atoms with Gasteiger partial charge in [0.25, 0.3) is 5.91 Å². The van der Waals surface area contributed by atoms with Gasteiger partial charge < -0.3 is 23.8 Å². The number of carbonyl (C=O) groups excluding carboxylic acids is 2. The SMILES string of the molecule is CCN(CC)C(=O)COc1ccc(C(=O)/C=C/c2cc(OC)c(OC)cc2OC)cc1. The van der Waals surface area contributed by atoms with Crippen molar-refractivity contribution in [2.24, 2.45) is 0 Å². The van der Waals surface area contributed by atoms with E-state index in [0.29, 0.717) is 47.2 Å². The van der Waals surface area contributed by atoms with Crippen molar-refractivity contribution in [1.82, 2.24) is 4.90 Å². The molecular formula is C24H29NO6. The Morgan fingerprint density at radius 1 is 0.871 bits per heavy atom. The highest BCUT2D eigenvalue weighted by Gasteiger charge is 2.12. The molecule has 0 aliphatic heterocycles. The first kappa shape index (κ1) is 23.8. The number of likely N-dealkylation sites (N-methyl/N-ethyl adjacent to an activating group) is 1. The monoisotopic (exact) mass is 427 g/mol.